The zero-order chi connectivity index (χ0) is 17.5. The van der Waals surface area contributed by atoms with Crippen molar-refractivity contribution in [2.75, 3.05) is 25.0 Å². The molecule has 3 N–H and O–H groups in total. The van der Waals surface area contributed by atoms with Crippen LogP contribution in [-0.2, 0) is 4.79 Å². The SMILES string of the molecule is FC1(F)CNCC[C@@H]1CNc1ccncn1.O=C(O)C(F)(F)F. The van der Waals surface area contributed by atoms with E-state index in [4.69, 9.17) is 9.90 Å². The lowest BCUT2D eigenvalue weighted by Gasteiger charge is -2.31. The average molecular weight is 342 g/mol. The van der Waals surface area contributed by atoms with Gasteiger partial charge in [-0.25, -0.2) is 23.5 Å². The second kappa shape index (κ2) is 7.99. The molecule has 11 heteroatoms. The van der Waals surface area contributed by atoms with Crippen LogP contribution in [0.25, 0.3) is 0 Å². The van der Waals surface area contributed by atoms with Crippen molar-refractivity contribution >= 4 is 11.8 Å². The molecule has 1 aromatic heterocycles. The van der Waals surface area contributed by atoms with E-state index in [0.29, 0.717) is 18.8 Å². The topological polar surface area (TPSA) is 87.1 Å². The lowest BCUT2D eigenvalue weighted by atomic mass is 9.94. The van der Waals surface area contributed by atoms with Gasteiger partial charge in [-0.2, -0.15) is 13.2 Å². The number of carboxylic acids is 1. The van der Waals surface area contributed by atoms with Gasteiger partial charge in [0.05, 0.1) is 6.54 Å². The van der Waals surface area contributed by atoms with Gasteiger partial charge in [0.2, 0.25) is 0 Å². The van der Waals surface area contributed by atoms with E-state index in [2.05, 4.69) is 20.6 Å². The Morgan fingerprint density at radius 1 is 1.48 bits per heavy atom. The molecule has 23 heavy (non-hydrogen) atoms. The van der Waals surface area contributed by atoms with Gasteiger partial charge < -0.3 is 15.7 Å². The summed E-state index contributed by atoms with van der Waals surface area (Å²) in [6, 6.07) is 1.67. The Balaban J connectivity index is 0.000000322. The van der Waals surface area contributed by atoms with Crippen LogP contribution in [0.4, 0.5) is 27.8 Å². The number of piperidine rings is 1. The predicted octanol–water partition coefficient (Wildman–Crippen LogP) is 1.77. The maximum Gasteiger partial charge on any atom is 0.490 e. The van der Waals surface area contributed by atoms with E-state index in [-0.39, 0.29) is 13.1 Å². The molecular weight excluding hydrogens is 327 g/mol. The fraction of sp³-hybridized carbons (Fsp3) is 0.583. The van der Waals surface area contributed by atoms with E-state index in [1.807, 2.05) is 0 Å². The third-order valence-corrected chi connectivity index (χ3v) is 2.98. The summed E-state index contributed by atoms with van der Waals surface area (Å²) < 4.78 is 58.6. The number of nitrogens with one attached hydrogen (secondary N) is 2. The minimum atomic E-state index is -5.08. The number of aromatic nitrogens is 2. The number of hydrogen-bond donors (Lipinski definition) is 3. The van der Waals surface area contributed by atoms with Gasteiger partial charge in [-0.1, -0.05) is 0 Å². The molecule has 0 aliphatic carbocycles. The molecule has 1 atom stereocenters. The minimum Gasteiger partial charge on any atom is -0.475 e. The molecule has 1 aliphatic rings. The largest absolute Gasteiger partial charge is 0.490 e. The zero-order valence-electron chi connectivity index (χ0n) is 11.8. The number of hydrogen-bond acceptors (Lipinski definition) is 5. The van der Waals surface area contributed by atoms with Crippen LogP contribution in [-0.4, -0.2) is 52.8 Å². The normalized spacial score (nSPS) is 20.1. The number of rotatable bonds is 3. The second-order valence-electron chi connectivity index (χ2n) is 4.70. The van der Waals surface area contributed by atoms with Gasteiger partial charge in [-0.05, 0) is 19.0 Å². The molecule has 0 radical (unpaired) electrons. The molecule has 1 aromatic rings. The molecule has 0 amide bonds. The molecule has 6 nitrogen and oxygen atoms in total. The monoisotopic (exact) mass is 342 g/mol. The molecule has 0 aromatic carbocycles. The van der Waals surface area contributed by atoms with Crippen molar-refractivity contribution in [1.82, 2.24) is 15.3 Å². The van der Waals surface area contributed by atoms with Crippen molar-refractivity contribution in [2.24, 2.45) is 5.92 Å². The summed E-state index contributed by atoms with van der Waals surface area (Å²) >= 11 is 0. The Morgan fingerprint density at radius 3 is 2.61 bits per heavy atom. The first kappa shape index (κ1) is 19.0. The van der Waals surface area contributed by atoms with E-state index in [1.54, 1.807) is 12.3 Å². The van der Waals surface area contributed by atoms with Crippen molar-refractivity contribution in [1.29, 1.82) is 0 Å². The van der Waals surface area contributed by atoms with Crippen molar-refractivity contribution < 1.29 is 31.9 Å². The van der Waals surface area contributed by atoms with Crippen LogP contribution in [0.3, 0.4) is 0 Å². The maximum absolute atomic E-state index is 13.4. The number of aliphatic carboxylic acids is 1. The maximum atomic E-state index is 13.4. The van der Waals surface area contributed by atoms with Gasteiger partial charge in [0, 0.05) is 18.7 Å². The van der Waals surface area contributed by atoms with E-state index in [1.165, 1.54) is 6.33 Å². The Hall–Kier alpha value is -2.04. The number of carboxylic acid groups (broad SMARTS) is 1. The molecule has 2 heterocycles. The van der Waals surface area contributed by atoms with Crippen LogP contribution in [0.1, 0.15) is 6.42 Å². The summed E-state index contributed by atoms with van der Waals surface area (Å²) in [6.07, 6.45) is -1.64. The van der Waals surface area contributed by atoms with Crippen molar-refractivity contribution in [3.05, 3.63) is 18.6 Å². The molecule has 0 bridgehead atoms. The third-order valence-electron chi connectivity index (χ3n) is 2.98. The number of anilines is 1. The highest BCUT2D eigenvalue weighted by Crippen LogP contribution is 2.29. The predicted molar refractivity (Wildman–Crippen MR) is 70.1 cm³/mol. The summed E-state index contributed by atoms with van der Waals surface area (Å²) in [7, 11) is 0. The molecule has 1 aliphatic heterocycles. The first-order chi connectivity index (χ1) is 10.6. The number of halogens is 5. The average Bonchev–Trinajstić information content (AvgIpc) is 2.46. The summed E-state index contributed by atoms with van der Waals surface area (Å²) in [5, 5.41) is 12.7. The van der Waals surface area contributed by atoms with Crippen LogP contribution in [0.15, 0.2) is 18.6 Å². The smallest absolute Gasteiger partial charge is 0.475 e. The lowest BCUT2D eigenvalue weighted by Crippen LogP contribution is -2.48. The summed E-state index contributed by atoms with van der Waals surface area (Å²) in [5.74, 6) is -5.45. The third kappa shape index (κ3) is 6.72. The number of alkyl halides is 5. The molecule has 130 valence electrons. The van der Waals surface area contributed by atoms with Crippen molar-refractivity contribution in [2.45, 2.75) is 18.5 Å². The van der Waals surface area contributed by atoms with Gasteiger partial charge in [0.1, 0.15) is 12.1 Å². The Kier molecular flexibility index (Phi) is 6.61. The van der Waals surface area contributed by atoms with Gasteiger partial charge in [-0.3, -0.25) is 0 Å². The van der Waals surface area contributed by atoms with E-state index >= 15 is 0 Å². The molecule has 1 saturated heterocycles. The van der Waals surface area contributed by atoms with Crippen LogP contribution in [0.2, 0.25) is 0 Å². The Morgan fingerprint density at radius 2 is 2.13 bits per heavy atom. The van der Waals surface area contributed by atoms with Gasteiger partial charge >= 0.3 is 12.1 Å². The minimum absolute atomic E-state index is 0.233. The highest BCUT2D eigenvalue weighted by molar-refractivity contribution is 5.73. The van der Waals surface area contributed by atoms with Crippen LogP contribution < -0.4 is 10.6 Å². The Bertz CT molecular complexity index is 498. The fourth-order valence-electron chi connectivity index (χ4n) is 1.76. The van der Waals surface area contributed by atoms with Gasteiger partial charge in [-0.15, -0.1) is 0 Å². The van der Waals surface area contributed by atoms with Gasteiger partial charge in [0.15, 0.2) is 0 Å². The fourth-order valence-corrected chi connectivity index (χ4v) is 1.76. The number of carbonyl (C=O) groups is 1. The zero-order valence-corrected chi connectivity index (χ0v) is 11.8. The molecule has 0 saturated carbocycles. The van der Waals surface area contributed by atoms with E-state index in [9.17, 15) is 22.0 Å². The molecule has 2 rings (SSSR count). The summed E-state index contributed by atoms with van der Waals surface area (Å²) in [4.78, 5) is 16.6. The Labute approximate surface area is 128 Å². The van der Waals surface area contributed by atoms with Gasteiger partial charge in [0.25, 0.3) is 5.92 Å². The first-order valence-corrected chi connectivity index (χ1v) is 6.51. The van der Waals surface area contributed by atoms with Crippen molar-refractivity contribution in [3.8, 4) is 0 Å². The van der Waals surface area contributed by atoms with Crippen LogP contribution >= 0.6 is 0 Å². The summed E-state index contributed by atoms with van der Waals surface area (Å²) in [5.41, 5.74) is 0. The highest BCUT2D eigenvalue weighted by atomic mass is 19.4. The first-order valence-electron chi connectivity index (χ1n) is 6.51. The van der Waals surface area contributed by atoms with Crippen LogP contribution in [0.5, 0.6) is 0 Å². The van der Waals surface area contributed by atoms with Crippen LogP contribution in [0, 0.1) is 5.92 Å². The molecule has 1 fully saturated rings. The molecule has 0 spiro atoms. The van der Waals surface area contributed by atoms with Crippen molar-refractivity contribution in [3.63, 3.8) is 0 Å². The molecular formula is C12H15F5N4O2. The summed E-state index contributed by atoms with van der Waals surface area (Å²) in [6.45, 7) is 0.653. The number of nitrogens with zero attached hydrogens (tertiary/aromatic N) is 2. The quantitative estimate of drug-likeness (QED) is 0.726. The second-order valence-corrected chi connectivity index (χ2v) is 4.70. The standard InChI is InChI=1S/C10H14F2N4.C2HF3O2/c11-10(12)6-13-3-1-8(10)5-15-9-2-4-14-7-16-9;3-2(4,5)1(6)7/h2,4,7-8,13H,1,3,5-6H2,(H,14,15,16);(H,6,7)/t8-;/m1./s1. The van der Waals surface area contributed by atoms with E-state index < -0.39 is 24.0 Å². The molecule has 0 unspecified atom stereocenters. The highest BCUT2D eigenvalue weighted by Gasteiger charge is 2.41. The van der Waals surface area contributed by atoms with E-state index in [0.717, 1.165) is 0 Å². The lowest BCUT2D eigenvalue weighted by molar-refractivity contribution is -0.192.